The van der Waals surface area contributed by atoms with Crippen LogP contribution in [0, 0.1) is 0 Å². The number of nitrogen functional groups attached to an aromatic ring is 1. The quantitative estimate of drug-likeness (QED) is 0.807. The number of hydrogen-bond acceptors (Lipinski definition) is 7. The third-order valence-corrected chi connectivity index (χ3v) is 5.19. The highest BCUT2D eigenvalue weighted by Gasteiger charge is 2.30. The molecule has 90 valence electrons. The van der Waals surface area contributed by atoms with E-state index in [1.807, 2.05) is 11.9 Å². The largest absolute Gasteiger partial charge is 0.374 e. The molecule has 1 unspecified atom stereocenters. The molecule has 1 aliphatic rings. The van der Waals surface area contributed by atoms with Crippen molar-refractivity contribution in [3.63, 3.8) is 0 Å². The third-order valence-electron chi connectivity index (χ3n) is 2.70. The predicted octanol–water partition coefficient (Wildman–Crippen LogP) is -0.261. The summed E-state index contributed by atoms with van der Waals surface area (Å²) in [5.74, 6) is 0.540. The summed E-state index contributed by atoms with van der Waals surface area (Å²) < 4.78 is 22.7. The monoisotopic (exact) mass is 262 g/mol. The fourth-order valence-corrected chi connectivity index (χ4v) is 4.27. The minimum Gasteiger partial charge on any atom is -0.374 e. The maximum atomic E-state index is 11.3. The highest BCUT2D eigenvalue weighted by Crippen LogP contribution is 2.20. The molecular weight excluding hydrogens is 248 g/mol. The van der Waals surface area contributed by atoms with E-state index in [1.165, 1.54) is 11.3 Å². The Labute approximate surface area is 98.4 Å². The molecule has 2 rings (SSSR count). The Morgan fingerprint density at radius 1 is 1.56 bits per heavy atom. The second-order valence-corrected chi connectivity index (χ2v) is 7.33. The molecule has 0 amide bonds. The van der Waals surface area contributed by atoms with Crippen molar-refractivity contribution in [3.8, 4) is 0 Å². The minimum absolute atomic E-state index is 0.0927. The Morgan fingerprint density at radius 2 is 2.31 bits per heavy atom. The topological polar surface area (TPSA) is 89.2 Å². The van der Waals surface area contributed by atoms with E-state index in [1.54, 1.807) is 0 Å². The van der Waals surface area contributed by atoms with Crippen LogP contribution in [0.25, 0.3) is 0 Å². The first-order chi connectivity index (χ1) is 7.46. The minimum atomic E-state index is -2.83. The molecule has 16 heavy (non-hydrogen) atoms. The molecule has 1 fully saturated rings. The summed E-state index contributed by atoms with van der Waals surface area (Å²) in [5, 5.41) is 8.91. The molecule has 1 aromatic heterocycles. The number of hydrogen-bond donors (Lipinski definition) is 1. The van der Waals surface area contributed by atoms with Gasteiger partial charge in [0.2, 0.25) is 5.13 Å². The average molecular weight is 262 g/mol. The fraction of sp³-hybridized carbons (Fsp3) is 0.750. The number of aromatic nitrogens is 2. The molecule has 0 bridgehead atoms. The van der Waals surface area contributed by atoms with E-state index < -0.39 is 9.84 Å². The van der Waals surface area contributed by atoms with Gasteiger partial charge in [0.25, 0.3) is 0 Å². The first kappa shape index (κ1) is 11.7. The fourth-order valence-electron chi connectivity index (χ4n) is 1.80. The first-order valence-corrected chi connectivity index (χ1v) is 7.58. The van der Waals surface area contributed by atoms with Crippen molar-refractivity contribution in [1.29, 1.82) is 0 Å². The normalized spacial score (nSPS) is 24.0. The molecule has 2 heterocycles. The van der Waals surface area contributed by atoms with Crippen LogP contribution in [0.2, 0.25) is 0 Å². The van der Waals surface area contributed by atoms with Crippen LogP contribution in [0.1, 0.15) is 11.4 Å². The van der Waals surface area contributed by atoms with Gasteiger partial charge in [0, 0.05) is 6.04 Å². The lowest BCUT2D eigenvalue weighted by molar-refractivity contribution is 0.253. The zero-order valence-corrected chi connectivity index (χ0v) is 10.6. The van der Waals surface area contributed by atoms with Crippen LogP contribution in [-0.4, -0.2) is 48.1 Å². The third kappa shape index (κ3) is 2.69. The van der Waals surface area contributed by atoms with Crippen molar-refractivity contribution >= 4 is 26.3 Å². The van der Waals surface area contributed by atoms with Gasteiger partial charge < -0.3 is 5.73 Å². The summed E-state index contributed by atoms with van der Waals surface area (Å²) >= 11 is 1.34. The molecule has 6 nitrogen and oxygen atoms in total. The number of nitrogens with zero attached hydrogens (tertiary/aromatic N) is 3. The lowest BCUT2D eigenvalue weighted by Crippen LogP contribution is -2.32. The Balaban J connectivity index is 1.96. The van der Waals surface area contributed by atoms with Gasteiger partial charge in [-0.05, 0) is 13.5 Å². The van der Waals surface area contributed by atoms with Crippen molar-refractivity contribution in [1.82, 2.24) is 15.1 Å². The van der Waals surface area contributed by atoms with E-state index in [0.717, 1.165) is 5.01 Å². The van der Waals surface area contributed by atoms with E-state index in [2.05, 4.69) is 10.2 Å². The van der Waals surface area contributed by atoms with Crippen LogP contribution in [-0.2, 0) is 16.4 Å². The van der Waals surface area contributed by atoms with Gasteiger partial charge in [-0.3, -0.25) is 4.90 Å². The number of nitrogens with two attached hydrogens (primary N) is 1. The standard InChI is InChI=1S/C8H14N4O2S2/c1-12(4-7-10-11-8(9)15-7)6-2-3-16(13,14)5-6/h6H,2-5H2,1H3,(H2,9,11). The zero-order valence-electron chi connectivity index (χ0n) is 8.96. The van der Waals surface area contributed by atoms with E-state index in [-0.39, 0.29) is 11.8 Å². The van der Waals surface area contributed by atoms with Crippen LogP contribution in [0.4, 0.5) is 5.13 Å². The molecule has 1 aromatic rings. The van der Waals surface area contributed by atoms with E-state index in [0.29, 0.717) is 23.8 Å². The summed E-state index contributed by atoms with van der Waals surface area (Å²) in [4.78, 5) is 2.00. The molecule has 0 radical (unpaired) electrons. The van der Waals surface area contributed by atoms with Gasteiger partial charge in [-0.1, -0.05) is 11.3 Å². The molecule has 0 spiro atoms. The SMILES string of the molecule is CN(Cc1nnc(N)s1)C1CCS(=O)(=O)C1. The Bertz CT molecular complexity index is 470. The smallest absolute Gasteiger partial charge is 0.203 e. The second kappa shape index (κ2) is 4.27. The molecule has 0 aromatic carbocycles. The molecule has 1 atom stereocenters. The molecule has 2 N–H and O–H groups in total. The summed E-state index contributed by atoms with van der Waals surface area (Å²) in [6, 6.07) is 0.0927. The molecular formula is C8H14N4O2S2. The Hall–Kier alpha value is -0.730. The Kier molecular flexibility index (Phi) is 3.13. The van der Waals surface area contributed by atoms with E-state index in [4.69, 9.17) is 5.73 Å². The molecule has 1 saturated heterocycles. The molecule has 8 heteroatoms. The van der Waals surface area contributed by atoms with E-state index >= 15 is 0 Å². The van der Waals surface area contributed by atoms with Crippen LogP contribution < -0.4 is 5.73 Å². The van der Waals surface area contributed by atoms with Crippen molar-refractivity contribution < 1.29 is 8.42 Å². The highest BCUT2D eigenvalue weighted by atomic mass is 32.2. The molecule has 1 aliphatic heterocycles. The number of sulfone groups is 1. The summed E-state index contributed by atoms with van der Waals surface area (Å²) in [6.45, 7) is 0.606. The van der Waals surface area contributed by atoms with Crippen molar-refractivity contribution in [3.05, 3.63) is 5.01 Å². The van der Waals surface area contributed by atoms with Gasteiger partial charge in [0.05, 0.1) is 18.1 Å². The maximum Gasteiger partial charge on any atom is 0.203 e. The van der Waals surface area contributed by atoms with Crippen LogP contribution in [0.15, 0.2) is 0 Å². The van der Waals surface area contributed by atoms with Gasteiger partial charge in [-0.25, -0.2) is 8.42 Å². The first-order valence-electron chi connectivity index (χ1n) is 4.95. The summed E-state index contributed by atoms with van der Waals surface area (Å²) in [5.41, 5.74) is 5.48. The lowest BCUT2D eigenvalue weighted by Gasteiger charge is -2.21. The molecule has 0 saturated carbocycles. The van der Waals surface area contributed by atoms with Crippen molar-refractivity contribution in [2.75, 3.05) is 24.3 Å². The summed E-state index contributed by atoms with van der Waals surface area (Å²) in [7, 11) is -0.921. The number of anilines is 1. The van der Waals surface area contributed by atoms with Gasteiger partial charge in [0.15, 0.2) is 9.84 Å². The van der Waals surface area contributed by atoms with Gasteiger partial charge in [-0.2, -0.15) is 0 Å². The van der Waals surface area contributed by atoms with Gasteiger partial charge in [0.1, 0.15) is 5.01 Å². The number of rotatable bonds is 3. The van der Waals surface area contributed by atoms with Crippen LogP contribution in [0.5, 0.6) is 0 Å². The van der Waals surface area contributed by atoms with Crippen molar-refractivity contribution in [2.45, 2.75) is 19.0 Å². The van der Waals surface area contributed by atoms with Crippen molar-refractivity contribution in [2.24, 2.45) is 0 Å². The Morgan fingerprint density at radius 3 is 2.81 bits per heavy atom. The molecule has 0 aliphatic carbocycles. The van der Waals surface area contributed by atoms with Crippen LogP contribution >= 0.6 is 11.3 Å². The second-order valence-electron chi connectivity index (χ2n) is 4.01. The predicted molar refractivity (Wildman–Crippen MR) is 62.8 cm³/mol. The zero-order chi connectivity index (χ0) is 11.8. The van der Waals surface area contributed by atoms with Crippen LogP contribution in [0.3, 0.4) is 0 Å². The van der Waals surface area contributed by atoms with Gasteiger partial charge in [-0.15, -0.1) is 10.2 Å². The maximum absolute atomic E-state index is 11.3. The summed E-state index contributed by atoms with van der Waals surface area (Å²) in [6.07, 6.45) is 0.702. The van der Waals surface area contributed by atoms with Gasteiger partial charge >= 0.3 is 0 Å². The highest BCUT2D eigenvalue weighted by molar-refractivity contribution is 7.91. The lowest BCUT2D eigenvalue weighted by atomic mass is 10.2. The van der Waals surface area contributed by atoms with E-state index in [9.17, 15) is 8.42 Å². The average Bonchev–Trinajstić information content (AvgIpc) is 2.72.